The first-order valence-corrected chi connectivity index (χ1v) is 6.76. The maximum atomic E-state index is 11.9. The molecule has 5 nitrogen and oxygen atoms in total. The zero-order chi connectivity index (χ0) is 13.9. The average Bonchev–Trinajstić information content (AvgIpc) is 3.04. The molecule has 5 heteroatoms. The smallest absolute Gasteiger partial charge is 0.224 e. The number of nitrogens with one attached hydrogen (secondary N) is 2. The van der Waals surface area contributed by atoms with Crippen molar-refractivity contribution in [3.05, 3.63) is 52.8 Å². The van der Waals surface area contributed by atoms with Gasteiger partial charge >= 0.3 is 0 Å². The van der Waals surface area contributed by atoms with Crippen LogP contribution in [0, 0.1) is 0 Å². The van der Waals surface area contributed by atoms with Gasteiger partial charge in [0.25, 0.3) is 0 Å². The van der Waals surface area contributed by atoms with Crippen molar-refractivity contribution < 1.29 is 4.79 Å². The molecule has 1 aliphatic rings. The number of hydrogen-bond acceptors (Lipinski definition) is 3. The summed E-state index contributed by atoms with van der Waals surface area (Å²) in [6.45, 7) is 2.45. The molecule has 1 aliphatic heterocycles. The molecule has 0 bridgehead atoms. The van der Waals surface area contributed by atoms with Gasteiger partial charge in [-0.15, -0.1) is 0 Å². The molecule has 1 amide bonds. The molecule has 20 heavy (non-hydrogen) atoms. The lowest BCUT2D eigenvalue weighted by atomic mass is 10.1. The molecule has 0 atom stereocenters. The summed E-state index contributed by atoms with van der Waals surface area (Å²) in [5.41, 5.74) is 4.77. The van der Waals surface area contributed by atoms with Crippen molar-refractivity contribution in [3.63, 3.8) is 0 Å². The number of amides is 1. The number of aromatic nitrogens is 2. The van der Waals surface area contributed by atoms with Crippen molar-refractivity contribution in [3.8, 4) is 0 Å². The molecular formula is C15H18N4O. The van der Waals surface area contributed by atoms with Gasteiger partial charge in [0, 0.05) is 32.9 Å². The van der Waals surface area contributed by atoms with Crippen LogP contribution in [0.2, 0.25) is 0 Å². The average molecular weight is 270 g/mol. The third-order valence-corrected chi connectivity index (χ3v) is 3.51. The van der Waals surface area contributed by atoms with Crippen LogP contribution in [-0.2, 0) is 37.9 Å². The van der Waals surface area contributed by atoms with Gasteiger partial charge in [-0.1, -0.05) is 18.2 Å². The van der Waals surface area contributed by atoms with Gasteiger partial charge in [0.15, 0.2) is 0 Å². The van der Waals surface area contributed by atoms with E-state index >= 15 is 0 Å². The van der Waals surface area contributed by atoms with E-state index in [-0.39, 0.29) is 5.91 Å². The number of rotatable bonds is 4. The molecule has 2 N–H and O–H groups in total. The number of benzene rings is 1. The van der Waals surface area contributed by atoms with E-state index in [9.17, 15) is 4.79 Å². The Kier molecular flexibility index (Phi) is 3.52. The van der Waals surface area contributed by atoms with Crippen LogP contribution in [0.1, 0.15) is 22.3 Å². The predicted molar refractivity (Wildman–Crippen MR) is 75.7 cm³/mol. The summed E-state index contributed by atoms with van der Waals surface area (Å²) >= 11 is 0. The number of fused-ring (bicyclic) bond motifs is 1. The predicted octanol–water partition coefficient (Wildman–Crippen LogP) is 0.882. The van der Waals surface area contributed by atoms with Crippen LogP contribution in [-0.4, -0.2) is 15.7 Å². The zero-order valence-corrected chi connectivity index (χ0v) is 11.5. The van der Waals surface area contributed by atoms with Gasteiger partial charge < -0.3 is 10.6 Å². The van der Waals surface area contributed by atoms with E-state index in [1.165, 1.54) is 11.1 Å². The number of aryl methyl sites for hydroxylation is 1. The Morgan fingerprint density at radius 1 is 1.35 bits per heavy atom. The van der Waals surface area contributed by atoms with Crippen LogP contribution in [0.4, 0.5) is 0 Å². The van der Waals surface area contributed by atoms with E-state index in [2.05, 4.69) is 33.9 Å². The Morgan fingerprint density at radius 3 is 3.00 bits per heavy atom. The molecule has 2 heterocycles. The second kappa shape index (κ2) is 5.46. The Bertz CT molecular complexity index is 633. The standard InChI is InChI=1S/C15H18N4O/c1-19-10-12(7-18-19)5-15(20)17-6-11-2-3-13-8-16-9-14(13)4-11/h2-4,7,10,16H,5-6,8-9H2,1H3,(H,17,20). The summed E-state index contributed by atoms with van der Waals surface area (Å²) in [5.74, 6) is 0.0247. The lowest BCUT2D eigenvalue weighted by Crippen LogP contribution is -2.24. The molecule has 3 rings (SSSR count). The monoisotopic (exact) mass is 270 g/mol. The highest BCUT2D eigenvalue weighted by Gasteiger charge is 2.10. The number of nitrogens with zero attached hydrogens (tertiary/aromatic N) is 2. The highest BCUT2D eigenvalue weighted by atomic mass is 16.1. The zero-order valence-electron chi connectivity index (χ0n) is 11.5. The molecule has 0 fully saturated rings. The van der Waals surface area contributed by atoms with E-state index in [1.54, 1.807) is 10.9 Å². The fourth-order valence-electron chi connectivity index (χ4n) is 2.47. The van der Waals surface area contributed by atoms with Gasteiger partial charge in [-0.05, 0) is 22.3 Å². The lowest BCUT2D eigenvalue weighted by Gasteiger charge is -2.06. The van der Waals surface area contributed by atoms with Crippen LogP contribution in [0.5, 0.6) is 0 Å². The van der Waals surface area contributed by atoms with Gasteiger partial charge in [-0.3, -0.25) is 9.48 Å². The minimum Gasteiger partial charge on any atom is -0.352 e. The van der Waals surface area contributed by atoms with Crippen LogP contribution < -0.4 is 10.6 Å². The van der Waals surface area contributed by atoms with Gasteiger partial charge in [0.05, 0.1) is 12.6 Å². The molecule has 0 saturated heterocycles. The Hall–Kier alpha value is -2.14. The van der Waals surface area contributed by atoms with Gasteiger partial charge in [-0.25, -0.2) is 0 Å². The van der Waals surface area contributed by atoms with Crippen molar-refractivity contribution >= 4 is 5.91 Å². The highest BCUT2D eigenvalue weighted by Crippen LogP contribution is 2.16. The second-order valence-corrected chi connectivity index (χ2v) is 5.18. The maximum Gasteiger partial charge on any atom is 0.224 e. The summed E-state index contributed by atoms with van der Waals surface area (Å²) in [6.07, 6.45) is 3.96. The van der Waals surface area contributed by atoms with Crippen molar-refractivity contribution in [2.45, 2.75) is 26.1 Å². The molecule has 1 aromatic carbocycles. The van der Waals surface area contributed by atoms with Crippen LogP contribution in [0.25, 0.3) is 0 Å². The highest BCUT2D eigenvalue weighted by molar-refractivity contribution is 5.78. The van der Waals surface area contributed by atoms with Gasteiger partial charge in [0.2, 0.25) is 5.91 Å². The van der Waals surface area contributed by atoms with E-state index in [1.807, 2.05) is 13.2 Å². The molecule has 0 radical (unpaired) electrons. The van der Waals surface area contributed by atoms with E-state index < -0.39 is 0 Å². The maximum absolute atomic E-state index is 11.9. The fourth-order valence-corrected chi connectivity index (χ4v) is 2.47. The van der Waals surface area contributed by atoms with Crippen molar-refractivity contribution in [1.82, 2.24) is 20.4 Å². The molecule has 0 aliphatic carbocycles. The molecule has 2 aromatic rings. The molecular weight excluding hydrogens is 252 g/mol. The molecule has 0 unspecified atom stereocenters. The minimum atomic E-state index is 0.0247. The SMILES string of the molecule is Cn1cc(CC(=O)NCc2ccc3c(c2)CNC3)cn1. The number of carbonyl (C=O) groups is 1. The van der Waals surface area contributed by atoms with Crippen molar-refractivity contribution in [2.24, 2.45) is 7.05 Å². The third kappa shape index (κ3) is 2.88. The molecule has 1 aromatic heterocycles. The summed E-state index contributed by atoms with van der Waals surface area (Å²) in [5, 5.41) is 10.3. The third-order valence-electron chi connectivity index (χ3n) is 3.51. The fraction of sp³-hybridized carbons (Fsp3) is 0.333. The topological polar surface area (TPSA) is 59.0 Å². The quantitative estimate of drug-likeness (QED) is 0.867. The first-order valence-electron chi connectivity index (χ1n) is 6.76. The lowest BCUT2D eigenvalue weighted by molar-refractivity contribution is -0.120. The number of hydrogen-bond donors (Lipinski definition) is 2. The molecule has 0 spiro atoms. The first kappa shape index (κ1) is 12.9. The summed E-state index contributed by atoms with van der Waals surface area (Å²) < 4.78 is 1.70. The van der Waals surface area contributed by atoms with Crippen LogP contribution >= 0.6 is 0 Å². The van der Waals surface area contributed by atoms with Gasteiger partial charge in [0.1, 0.15) is 0 Å². The summed E-state index contributed by atoms with van der Waals surface area (Å²) in [6, 6.07) is 6.38. The Labute approximate surface area is 118 Å². The van der Waals surface area contributed by atoms with Gasteiger partial charge in [-0.2, -0.15) is 5.10 Å². The number of carbonyl (C=O) groups excluding carboxylic acids is 1. The van der Waals surface area contributed by atoms with E-state index in [0.29, 0.717) is 13.0 Å². The largest absolute Gasteiger partial charge is 0.352 e. The Morgan fingerprint density at radius 2 is 2.20 bits per heavy atom. The van der Waals surface area contributed by atoms with Crippen LogP contribution in [0.3, 0.4) is 0 Å². The first-order chi connectivity index (χ1) is 9.70. The molecule has 0 saturated carbocycles. The van der Waals surface area contributed by atoms with Crippen molar-refractivity contribution in [1.29, 1.82) is 0 Å². The summed E-state index contributed by atoms with van der Waals surface area (Å²) in [4.78, 5) is 11.9. The minimum absolute atomic E-state index is 0.0247. The van der Waals surface area contributed by atoms with E-state index in [4.69, 9.17) is 0 Å². The normalized spacial score (nSPS) is 13.2. The van der Waals surface area contributed by atoms with E-state index in [0.717, 1.165) is 24.2 Å². The van der Waals surface area contributed by atoms with Crippen molar-refractivity contribution in [2.75, 3.05) is 0 Å². The second-order valence-electron chi connectivity index (χ2n) is 5.18. The Balaban J connectivity index is 1.55. The van der Waals surface area contributed by atoms with Crippen LogP contribution in [0.15, 0.2) is 30.6 Å². The molecule has 104 valence electrons. The summed E-state index contributed by atoms with van der Waals surface area (Å²) in [7, 11) is 1.85.